The van der Waals surface area contributed by atoms with E-state index < -0.39 is 17.4 Å². The zero-order chi connectivity index (χ0) is 17.5. The highest BCUT2D eigenvalue weighted by molar-refractivity contribution is 6.15. The molecule has 1 saturated heterocycles. The van der Waals surface area contributed by atoms with Crippen LogP contribution in [0, 0.1) is 12.8 Å². The number of nitrogens with two attached hydrogens (primary N) is 1. The van der Waals surface area contributed by atoms with Gasteiger partial charge in [-0.2, -0.15) is 0 Å². The fourth-order valence-corrected chi connectivity index (χ4v) is 3.15. The van der Waals surface area contributed by atoms with Crippen LogP contribution in [0.15, 0.2) is 18.2 Å². The smallest absolute Gasteiger partial charge is 0.278 e. The van der Waals surface area contributed by atoms with Gasteiger partial charge in [-0.05, 0) is 44.4 Å². The summed E-state index contributed by atoms with van der Waals surface area (Å²) < 4.78 is 5.78. The van der Waals surface area contributed by atoms with Gasteiger partial charge in [0.05, 0.1) is 5.69 Å². The second kappa shape index (κ2) is 5.81. The molecule has 0 spiro atoms. The third-order valence-corrected chi connectivity index (χ3v) is 4.72. The van der Waals surface area contributed by atoms with Gasteiger partial charge in [0.25, 0.3) is 17.4 Å². The van der Waals surface area contributed by atoms with E-state index in [4.69, 9.17) is 10.5 Å². The van der Waals surface area contributed by atoms with E-state index in [1.165, 1.54) is 6.92 Å². The monoisotopic (exact) mass is 331 g/mol. The third-order valence-electron chi connectivity index (χ3n) is 4.72. The molecule has 3 N–H and O–H groups in total. The van der Waals surface area contributed by atoms with Crippen LogP contribution in [0.3, 0.4) is 0 Å². The molecule has 0 saturated carbocycles. The van der Waals surface area contributed by atoms with Crippen molar-refractivity contribution in [2.45, 2.75) is 32.3 Å². The highest BCUT2D eigenvalue weighted by atomic mass is 16.5. The Morgan fingerprint density at radius 2 is 2.00 bits per heavy atom. The number of nitrogens with zero attached hydrogens (tertiary/aromatic N) is 1. The zero-order valence-corrected chi connectivity index (χ0v) is 13.8. The van der Waals surface area contributed by atoms with Crippen LogP contribution in [0.2, 0.25) is 0 Å². The third kappa shape index (κ3) is 2.70. The maximum absolute atomic E-state index is 12.9. The van der Waals surface area contributed by atoms with Crippen molar-refractivity contribution in [1.29, 1.82) is 0 Å². The summed E-state index contributed by atoms with van der Waals surface area (Å²) in [6.45, 7) is 4.17. The van der Waals surface area contributed by atoms with Crippen LogP contribution in [0.4, 0.5) is 5.69 Å². The molecule has 7 heteroatoms. The molecule has 1 aromatic rings. The lowest BCUT2D eigenvalue weighted by Crippen LogP contribution is -2.60. The molecule has 1 aromatic carbocycles. The number of hydrogen-bond acceptors (Lipinski definition) is 4. The minimum Gasteiger partial charge on any atom is -0.466 e. The fourth-order valence-electron chi connectivity index (χ4n) is 3.15. The number of hydrogen-bond donors (Lipinski definition) is 2. The molecule has 3 rings (SSSR count). The summed E-state index contributed by atoms with van der Waals surface area (Å²) >= 11 is 0. The summed E-state index contributed by atoms with van der Waals surface area (Å²) in [5.41, 5.74) is 5.26. The van der Waals surface area contributed by atoms with Crippen molar-refractivity contribution in [2.24, 2.45) is 11.7 Å². The van der Waals surface area contributed by atoms with Gasteiger partial charge in [-0.3, -0.25) is 14.4 Å². The highest BCUT2D eigenvalue weighted by Crippen LogP contribution is 2.35. The van der Waals surface area contributed by atoms with E-state index in [0.717, 1.165) is 5.56 Å². The van der Waals surface area contributed by atoms with Gasteiger partial charge in [0.2, 0.25) is 5.91 Å². The molecule has 3 amide bonds. The summed E-state index contributed by atoms with van der Waals surface area (Å²) in [4.78, 5) is 38.2. The van der Waals surface area contributed by atoms with Crippen molar-refractivity contribution in [3.05, 3.63) is 23.8 Å². The SMILES string of the molecule is Cc1ccc2c(c1)NC(=O)C(C)(C(=O)N1CCC(C(N)=O)CC1)O2. The molecule has 0 aliphatic carbocycles. The number of amides is 3. The normalized spacial score (nSPS) is 23.9. The molecule has 0 aromatic heterocycles. The number of likely N-dealkylation sites (tertiary alicyclic amines) is 1. The van der Waals surface area contributed by atoms with Crippen LogP contribution in [0.25, 0.3) is 0 Å². The number of ether oxygens (including phenoxy) is 1. The molecule has 2 heterocycles. The second-order valence-electron chi connectivity index (χ2n) is 6.56. The number of benzene rings is 1. The topological polar surface area (TPSA) is 102 Å². The first-order valence-electron chi connectivity index (χ1n) is 8.01. The molecule has 24 heavy (non-hydrogen) atoms. The summed E-state index contributed by atoms with van der Waals surface area (Å²) in [5.74, 6) is -0.962. The molecule has 1 fully saturated rings. The molecular formula is C17H21N3O4. The average molecular weight is 331 g/mol. The van der Waals surface area contributed by atoms with Crippen molar-refractivity contribution >= 4 is 23.4 Å². The maximum Gasteiger partial charge on any atom is 0.278 e. The van der Waals surface area contributed by atoms with Crippen LogP contribution in [-0.4, -0.2) is 41.3 Å². The lowest BCUT2D eigenvalue weighted by Gasteiger charge is -2.39. The fraction of sp³-hybridized carbons (Fsp3) is 0.471. The van der Waals surface area contributed by atoms with E-state index in [1.807, 2.05) is 13.0 Å². The van der Waals surface area contributed by atoms with Crippen molar-refractivity contribution in [3.8, 4) is 5.75 Å². The number of carbonyl (C=O) groups is 3. The van der Waals surface area contributed by atoms with E-state index in [0.29, 0.717) is 37.4 Å². The second-order valence-corrected chi connectivity index (χ2v) is 6.56. The van der Waals surface area contributed by atoms with E-state index in [-0.39, 0.29) is 11.8 Å². The highest BCUT2D eigenvalue weighted by Gasteiger charge is 2.49. The Balaban J connectivity index is 1.78. The Bertz CT molecular complexity index is 710. The van der Waals surface area contributed by atoms with Gasteiger partial charge in [-0.25, -0.2) is 0 Å². The van der Waals surface area contributed by atoms with Gasteiger partial charge in [-0.1, -0.05) is 6.07 Å². The lowest BCUT2D eigenvalue weighted by atomic mass is 9.93. The van der Waals surface area contributed by atoms with E-state index in [9.17, 15) is 14.4 Å². The van der Waals surface area contributed by atoms with Crippen molar-refractivity contribution in [1.82, 2.24) is 4.90 Å². The summed E-state index contributed by atoms with van der Waals surface area (Å²) in [7, 11) is 0. The number of primary amides is 1. The van der Waals surface area contributed by atoms with Gasteiger partial charge in [0.1, 0.15) is 5.75 Å². The molecule has 0 bridgehead atoms. The molecule has 1 atom stereocenters. The van der Waals surface area contributed by atoms with Crippen molar-refractivity contribution in [2.75, 3.05) is 18.4 Å². The molecule has 0 radical (unpaired) electrons. The van der Waals surface area contributed by atoms with Crippen molar-refractivity contribution < 1.29 is 19.1 Å². The number of fused-ring (bicyclic) bond motifs is 1. The Labute approximate surface area is 140 Å². The molecule has 128 valence electrons. The molecule has 2 aliphatic rings. The number of aryl methyl sites for hydroxylation is 1. The van der Waals surface area contributed by atoms with E-state index in [1.54, 1.807) is 17.0 Å². The minimum atomic E-state index is -1.61. The largest absolute Gasteiger partial charge is 0.466 e. The molecule has 7 nitrogen and oxygen atoms in total. The number of carbonyl (C=O) groups excluding carboxylic acids is 3. The van der Waals surface area contributed by atoms with Crippen LogP contribution < -0.4 is 15.8 Å². The van der Waals surface area contributed by atoms with Crippen LogP contribution in [-0.2, 0) is 14.4 Å². The first-order chi connectivity index (χ1) is 11.3. The Morgan fingerprint density at radius 1 is 1.33 bits per heavy atom. The molecular weight excluding hydrogens is 310 g/mol. The minimum absolute atomic E-state index is 0.216. The zero-order valence-electron chi connectivity index (χ0n) is 13.8. The summed E-state index contributed by atoms with van der Waals surface area (Å²) in [6, 6.07) is 5.41. The Hall–Kier alpha value is -2.57. The predicted octanol–water partition coefficient (Wildman–Crippen LogP) is 0.809. The number of piperidine rings is 1. The molecule has 2 aliphatic heterocycles. The molecule has 1 unspecified atom stereocenters. The van der Waals surface area contributed by atoms with Gasteiger partial charge in [-0.15, -0.1) is 0 Å². The van der Waals surface area contributed by atoms with E-state index >= 15 is 0 Å². The number of rotatable bonds is 2. The number of nitrogens with one attached hydrogen (secondary N) is 1. The van der Waals surface area contributed by atoms with Gasteiger partial charge in [0, 0.05) is 19.0 Å². The average Bonchev–Trinajstić information content (AvgIpc) is 2.55. The first kappa shape index (κ1) is 16.3. The van der Waals surface area contributed by atoms with Gasteiger partial charge in [0.15, 0.2) is 0 Å². The summed E-state index contributed by atoms with van der Waals surface area (Å²) in [6.07, 6.45) is 1.02. The van der Waals surface area contributed by atoms with Crippen LogP contribution in [0.5, 0.6) is 5.75 Å². The first-order valence-corrected chi connectivity index (χ1v) is 8.01. The van der Waals surface area contributed by atoms with Crippen molar-refractivity contribution in [3.63, 3.8) is 0 Å². The Morgan fingerprint density at radius 3 is 2.62 bits per heavy atom. The van der Waals surface area contributed by atoms with E-state index in [2.05, 4.69) is 5.32 Å². The van der Waals surface area contributed by atoms with Crippen LogP contribution in [0.1, 0.15) is 25.3 Å². The predicted molar refractivity (Wildman–Crippen MR) is 87.3 cm³/mol. The quantitative estimate of drug-likeness (QED) is 0.783. The van der Waals surface area contributed by atoms with Gasteiger partial charge >= 0.3 is 0 Å². The standard InChI is InChI=1S/C17H21N3O4/c1-10-3-4-13-12(9-10)19-15(22)17(2,24-13)16(23)20-7-5-11(6-8-20)14(18)21/h3-4,9,11H,5-8H2,1-2H3,(H2,18,21)(H,19,22). The maximum atomic E-state index is 12.9. The Kier molecular flexibility index (Phi) is 3.95. The van der Waals surface area contributed by atoms with Crippen LogP contribution >= 0.6 is 0 Å². The number of anilines is 1. The summed E-state index contributed by atoms with van der Waals surface area (Å²) in [5, 5.41) is 2.75. The van der Waals surface area contributed by atoms with Gasteiger partial charge < -0.3 is 20.7 Å². The lowest BCUT2D eigenvalue weighted by molar-refractivity contribution is -0.156.